The third-order valence-corrected chi connectivity index (χ3v) is 6.07. The molecule has 0 radical (unpaired) electrons. The zero-order valence-electron chi connectivity index (χ0n) is 15.3. The Kier molecular flexibility index (Phi) is 8.07. The van der Waals surface area contributed by atoms with E-state index in [-0.39, 0.29) is 18.4 Å². The van der Waals surface area contributed by atoms with Gasteiger partial charge in [-0.3, -0.25) is 4.90 Å². The average molecular weight is 412 g/mol. The van der Waals surface area contributed by atoms with Crippen LogP contribution in [-0.2, 0) is 10.0 Å². The lowest BCUT2D eigenvalue weighted by atomic mass is 10.0. The maximum Gasteiger partial charge on any atom is 0.240 e. The lowest BCUT2D eigenvalue weighted by Gasteiger charge is -2.37. The molecule has 148 valence electrons. The molecule has 0 saturated carbocycles. The highest BCUT2D eigenvalue weighted by Crippen LogP contribution is 2.29. The third kappa shape index (κ3) is 5.43. The molecule has 6 nitrogen and oxygen atoms in total. The van der Waals surface area contributed by atoms with E-state index in [0.29, 0.717) is 18.0 Å². The molecule has 27 heavy (non-hydrogen) atoms. The third-order valence-electron chi connectivity index (χ3n) is 4.60. The molecule has 2 aromatic carbocycles. The molecule has 3 rings (SSSR count). The first-order valence-electron chi connectivity index (χ1n) is 8.74. The molecule has 1 unspecified atom stereocenters. The highest BCUT2D eigenvalue weighted by molar-refractivity contribution is 7.89. The Morgan fingerprint density at radius 3 is 2.59 bits per heavy atom. The molecule has 1 fully saturated rings. The number of hydrogen-bond donors (Lipinski definition) is 2. The Balaban J connectivity index is 0.00000261. The van der Waals surface area contributed by atoms with E-state index < -0.39 is 10.0 Å². The Morgan fingerprint density at radius 1 is 1.15 bits per heavy atom. The zero-order chi connectivity index (χ0) is 18.4. The summed E-state index contributed by atoms with van der Waals surface area (Å²) in [4.78, 5) is 2.59. The fourth-order valence-electron chi connectivity index (χ4n) is 3.27. The first-order chi connectivity index (χ1) is 12.6. The molecule has 0 aromatic heterocycles. The van der Waals surface area contributed by atoms with Crippen molar-refractivity contribution in [3.8, 4) is 5.75 Å². The van der Waals surface area contributed by atoms with Crippen LogP contribution in [-0.4, -0.2) is 53.2 Å². The van der Waals surface area contributed by atoms with Gasteiger partial charge in [0, 0.05) is 38.3 Å². The zero-order valence-corrected chi connectivity index (χ0v) is 16.9. The minimum Gasteiger partial charge on any atom is -0.496 e. The smallest absolute Gasteiger partial charge is 0.240 e. The van der Waals surface area contributed by atoms with E-state index in [0.717, 1.165) is 30.9 Å². The molecular formula is C19H26ClN3O3S. The molecule has 1 saturated heterocycles. The van der Waals surface area contributed by atoms with Gasteiger partial charge in [-0.2, -0.15) is 0 Å². The van der Waals surface area contributed by atoms with Crippen LogP contribution in [0.2, 0.25) is 0 Å². The van der Waals surface area contributed by atoms with Crippen molar-refractivity contribution in [3.05, 3.63) is 60.2 Å². The summed E-state index contributed by atoms with van der Waals surface area (Å²) in [6, 6.07) is 16.6. The van der Waals surface area contributed by atoms with Crippen molar-refractivity contribution in [2.75, 3.05) is 39.8 Å². The van der Waals surface area contributed by atoms with Gasteiger partial charge < -0.3 is 10.1 Å². The van der Waals surface area contributed by atoms with Crippen molar-refractivity contribution >= 4 is 22.4 Å². The molecule has 1 atom stereocenters. The van der Waals surface area contributed by atoms with Crippen LogP contribution >= 0.6 is 12.4 Å². The Bertz CT molecular complexity index is 818. The van der Waals surface area contributed by atoms with Gasteiger partial charge in [0.05, 0.1) is 18.0 Å². The van der Waals surface area contributed by atoms with E-state index in [1.54, 1.807) is 37.4 Å². The van der Waals surface area contributed by atoms with E-state index in [1.165, 1.54) is 0 Å². The maximum absolute atomic E-state index is 12.4. The van der Waals surface area contributed by atoms with Crippen LogP contribution in [0.25, 0.3) is 0 Å². The first-order valence-corrected chi connectivity index (χ1v) is 10.2. The lowest BCUT2D eigenvalue weighted by Crippen LogP contribution is -2.48. The van der Waals surface area contributed by atoms with Gasteiger partial charge in [-0.05, 0) is 18.2 Å². The number of piperazine rings is 1. The number of halogens is 1. The molecule has 2 N–H and O–H groups in total. The summed E-state index contributed by atoms with van der Waals surface area (Å²) in [7, 11) is -1.80. The van der Waals surface area contributed by atoms with E-state index in [1.807, 2.05) is 18.2 Å². The van der Waals surface area contributed by atoms with Gasteiger partial charge in [0.2, 0.25) is 10.0 Å². The molecule has 2 aromatic rings. The Morgan fingerprint density at radius 2 is 1.85 bits per heavy atom. The second-order valence-corrected chi connectivity index (χ2v) is 7.98. The van der Waals surface area contributed by atoms with E-state index >= 15 is 0 Å². The number of methoxy groups -OCH3 is 1. The first kappa shape index (κ1) is 21.7. The van der Waals surface area contributed by atoms with Gasteiger partial charge in [-0.1, -0.05) is 36.4 Å². The number of nitrogens with one attached hydrogen (secondary N) is 2. The minimum absolute atomic E-state index is 0. The van der Waals surface area contributed by atoms with Gasteiger partial charge in [-0.15, -0.1) is 12.4 Å². The highest BCUT2D eigenvalue weighted by Gasteiger charge is 2.26. The summed E-state index contributed by atoms with van der Waals surface area (Å²) in [6.45, 7) is 3.55. The number of para-hydroxylation sites is 1. The van der Waals surface area contributed by atoms with E-state index in [4.69, 9.17) is 4.74 Å². The molecule has 0 aliphatic carbocycles. The molecule has 1 aliphatic rings. The van der Waals surface area contributed by atoms with Crippen molar-refractivity contribution < 1.29 is 13.2 Å². The lowest BCUT2D eigenvalue weighted by molar-refractivity contribution is 0.162. The molecule has 0 amide bonds. The highest BCUT2D eigenvalue weighted by atomic mass is 35.5. The number of benzene rings is 2. The van der Waals surface area contributed by atoms with Gasteiger partial charge in [-0.25, -0.2) is 13.1 Å². The maximum atomic E-state index is 12.4. The summed E-state index contributed by atoms with van der Waals surface area (Å²) in [5.41, 5.74) is 1.12. The summed E-state index contributed by atoms with van der Waals surface area (Å²) < 4.78 is 32.9. The summed E-state index contributed by atoms with van der Waals surface area (Å²) >= 11 is 0. The van der Waals surface area contributed by atoms with Crippen LogP contribution in [0, 0.1) is 0 Å². The Hall–Kier alpha value is -1.64. The van der Waals surface area contributed by atoms with Crippen LogP contribution in [0.4, 0.5) is 0 Å². The predicted octanol–water partition coefficient (Wildman–Crippen LogP) is 2.04. The monoisotopic (exact) mass is 411 g/mol. The fraction of sp³-hybridized carbons (Fsp3) is 0.368. The number of nitrogens with zero attached hydrogens (tertiary/aromatic N) is 1. The Labute approximate surface area is 167 Å². The number of hydrogen-bond acceptors (Lipinski definition) is 5. The standard InChI is InChI=1S/C19H25N3O3S.ClH/c1-25-19-10-6-5-9-17(19)18-15-20-11-13-22(18)14-12-21-26(23,24)16-7-3-2-4-8-16;/h2-10,18,20-21H,11-15H2,1H3;1H. The molecule has 8 heteroatoms. The van der Waals surface area contributed by atoms with Gasteiger partial charge in [0.15, 0.2) is 0 Å². The topological polar surface area (TPSA) is 70.7 Å². The van der Waals surface area contributed by atoms with Crippen molar-refractivity contribution in [2.45, 2.75) is 10.9 Å². The van der Waals surface area contributed by atoms with Crippen LogP contribution in [0.5, 0.6) is 5.75 Å². The van der Waals surface area contributed by atoms with E-state index in [2.05, 4.69) is 21.0 Å². The molecule has 1 aliphatic heterocycles. The minimum atomic E-state index is -3.47. The molecule has 0 spiro atoms. The van der Waals surface area contributed by atoms with Crippen LogP contribution < -0.4 is 14.8 Å². The number of rotatable bonds is 7. The molecule has 0 bridgehead atoms. The largest absolute Gasteiger partial charge is 0.496 e. The summed E-state index contributed by atoms with van der Waals surface area (Å²) in [6.07, 6.45) is 0. The fourth-order valence-corrected chi connectivity index (χ4v) is 4.31. The van der Waals surface area contributed by atoms with Crippen molar-refractivity contribution in [2.24, 2.45) is 0 Å². The second kappa shape index (κ2) is 10.1. The van der Waals surface area contributed by atoms with Gasteiger partial charge >= 0.3 is 0 Å². The van der Waals surface area contributed by atoms with Crippen molar-refractivity contribution in [3.63, 3.8) is 0 Å². The van der Waals surface area contributed by atoms with Crippen molar-refractivity contribution in [1.82, 2.24) is 14.9 Å². The average Bonchev–Trinajstić information content (AvgIpc) is 2.69. The van der Waals surface area contributed by atoms with Crippen LogP contribution in [0.1, 0.15) is 11.6 Å². The molecule has 1 heterocycles. The van der Waals surface area contributed by atoms with Crippen LogP contribution in [0.15, 0.2) is 59.5 Å². The summed E-state index contributed by atoms with van der Waals surface area (Å²) in [5, 5.41) is 3.41. The second-order valence-electron chi connectivity index (χ2n) is 6.21. The normalized spacial score (nSPS) is 17.9. The predicted molar refractivity (Wildman–Crippen MR) is 109 cm³/mol. The SMILES string of the molecule is COc1ccccc1C1CNCCN1CCNS(=O)(=O)c1ccccc1.Cl. The van der Waals surface area contributed by atoms with Gasteiger partial charge in [0.25, 0.3) is 0 Å². The van der Waals surface area contributed by atoms with E-state index in [9.17, 15) is 8.42 Å². The summed E-state index contributed by atoms with van der Waals surface area (Å²) in [5.74, 6) is 0.857. The number of ether oxygens (including phenoxy) is 1. The van der Waals surface area contributed by atoms with Crippen molar-refractivity contribution in [1.29, 1.82) is 0 Å². The van der Waals surface area contributed by atoms with Gasteiger partial charge in [0.1, 0.15) is 5.75 Å². The number of sulfonamides is 1. The van der Waals surface area contributed by atoms with Crippen LogP contribution in [0.3, 0.4) is 0 Å². The quantitative estimate of drug-likeness (QED) is 0.729. The molecular weight excluding hydrogens is 386 g/mol.